The van der Waals surface area contributed by atoms with Gasteiger partial charge in [-0.1, -0.05) is 17.7 Å². The molecule has 0 unspecified atom stereocenters. The highest BCUT2D eigenvalue weighted by Crippen LogP contribution is 2.26. The lowest BCUT2D eigenvalue weighted by Gasteiger charge is -2.20. The van der Waals surface area contributed by atoms with Crippen LogP contribution >= 0.6 is 11.6 Å². The first kappa shape index (κ1) is 16.6. The smallest absolute Gasteiger partial charge is 0.225 e. The minimum Gasteiger partial charge on any atom is -0.496 e. The molecule has 0 spiro atoms. The quantitative estimate of drug-likeness (QED) is 0.825. The number of hydrogen-bond acceptors (Lipinski definition) is 5. The number of halogens is 1. The predicted octanol–water partition coefficient (Wildman–Crippen LogP) is 1.58. The van der Waals surface area contributed by atoms with E-state index in [0.717, 1.165) is 0 Å². The number of carbonyl (C=O) groups is 1. The van der Waals surface area contributed by atoms with Gasteiger partial charge in [-0.2, -0.15) is 5.10 Å². The third-order valence-corrected chi connectivity index (χ3v) is 4.12. The van der Waals surface area contributed by atoms with Crippen molar-refractivity contribution in [3.8, 4) is 11.5 Å². The molecule has 0 saturated carbocycles. The van der Waals surface area contributed by atoms with Gasteiger partial charge in [0.2, 0.25) is 5.91 Å². The molecular formula is C16H18ClN3O4. The van der Waals surface area contributed by atoms with E-state index in [-0.39, 0.29) is 24.5 Å². The summed E-state index contributed by atoms with van der Waals surface area (Å²) in [5, 5.41) is 9.94. The monoisotopic (exact) mass is 351 g/mol. The van der Waals surface area contributed by atoms with Gasteiger partial charge in [-0.3, -0.25) is 9.89 Å². The Bertz CT molecular complexity index is 693. The molecule has 7 nitrogen and oxygen atoms in total. The second-order valence-electron chi connectivity index (χ2n) is 5.40. The Kier molecular flexibility index (Phi) is 5.22. The highest BCUT2D eigenvalue weighted by molar-refractivity contribution is 6.31. The van der Waals surface area contributed by atoms with Crippen molar-refractivity contribution >= 4 is 17.5 Å². The summed E-state index contributed by atoms with van der Waals surface area (Å²) in [6.07, 6.45) is 3.08. The number of aromatic nitrogens is 2. The Morgan fingerprint density at radius 3 is 3.12 bits per heavy atom. The van der Waals surface area contributed by atoms with Crippen molar-refractivity contribution in [3.05, 3.63) is 41.2 Å². The van der Waals surface area contributed by atoms with Gasteiger partial charge in [0.15, 0.2) is 5.75 Å². The summed E-state index contributed by atoms with van der Waals surface area (Å²) in [6, 6.07) is 5.05. The number of amides is 1. The third-order valence-electron chi connectivity index (χ3n) is 3.77. The second kappa shape index (κ2) is 7.55. The van der Waals surface area contributed by atoms with Crippen molar-refractivity contribution in [2.45, 2.75) is 18.6 Å². The molecule has 2 heterocycles. The lowest BCUT2D eigenvalue weighted by Crippen LogP contribution is -2.45. The molecule has 2 N–H and O–H groups in total. The number of H-pyrrole nitrogens is 1. The highest BCUT2D eigenvalue weighted by Gasteiger charge is 2.31. The molecule has 0 radical (unpaired) electrons. The van der Waals surface area contributed by atoms with E-state index in [4.69, 9.17) is 25.8 Å². The number of rotatable bonds is 6. The van der Waals surface area contributed by atoms with E-state index >= 15 is 0 Å². The van der Waals surface area contributed by atoms with Gasteiger partial charge in [-0.15, -0.1) is 0 Å². The number of ether oxygens (including phenoxy) is 3. The molecule has 1 fully saturated rings. The van der Waals surface area contributed by atoms with E-state index in [1.807, 2.05) is 0 Å². The van der Waals surface area contributed by atoms with Crippen molar-refractivity contribution < 1.29 is 19.0 Å². The number of benzene rings is 1. The van der Waals surface area contributed by atoms with Crippen LogP contribution in [0.3, 0.4) is 0 Å². The molecule has 1 aliphatic heterocycles. The highest BCUT2D eigenvalue weighted by atomic mass is 35.5. The van der Waals surface area contributed by atoms with E-state index in [1.54, 1.807) is 37.7 Å². The molecule has 1 saturated heterocycles. The molecule has 3 rings (SSSR count). The molecule has 1 aromatic carbocycles. The van der Waals surface area contributed by atoms with Crippen LogP contribution in [0.4, 0.5) is 0 Å². The average molecular weight is 352 g/mol. The Morgan fingerprint density at radius 2 is 2.38 bits per heavy atom. The summed E-state index contributed by atoms with van der Waals surface area (Å²) in [5.41, 5.74) is 0.658. The van der Waals surface area contributed by atoms with Gasteiger partial charge in [-0.05, 0) is 12.1 Å². The summed E-state index contributed by atoms with van der Waals surface area (Å²) in [7, 11) is 1.55. The maximum absolute atomic E-state index is 12.4. The minimum atomic E-state index is -0.264. The number of aromatic amines is 1. The largest absolute Gasteiger partial charge is 0.496 e. The summed E-state index contributed by atoms with van der Waals surface area (Å²) in [5.74, 6) is 1.03. The maximum Gasteiger partial charge on any atom is 0.225 e. The maximum atomic E-state index is 12.4. The minimum absolute atomic E-state index is 0.123. The molecule has 2 aromatic rings. The van der Waals surface area contributed by atoms with Crippen molar-refractivity contribution in [3.63, 3.8) is 0 Å². The molecule has 8 heteroatoms. The van der Waals surface area contributed by atoms with Crippen molar-refractivity contribution in [2.24, 2.45) is 0 Å². The van der Waals surface area contributed by atoms with Crippen LogP contribution in [0.5, 0.6) is 11.5 Å². The number of nitrogens with one attached hydrogen (secondary N) is 2. The molecule has 128 valence electrons. The molecule has 0 bridgehead atoms. The van der Waals surface area contributed by atoms with Crippen LogP contribution in [0.25, 0.3) is 0 Å². The third kappa shape index (κ3) is 3.80. The fourth-order valence-electron chi connectivity index (χ4n) is 2.58. The lowest BCUT2D eigenvalue weighted by atomic mass is 10.1. The summed E-state index contributed by atoms with van der Waals surface area (Å²) in [4.78, 5) is 12.4. The van der Waals surface area contributed by atoms with Crippen molar-refractivity contribution in [1.29, 1.82) is 0 Å². The van der Waals surface area contributed by atoms with Gasteiger partial charge in [0.25, 0.3) is 0 Å². The Balaban J connectivity index is 1.62. The topological polar surface area (TPSA) is 85.5 Å². The van der Waals surface area contributed by atoms with Gasteiger partial charge in [0.1, 0.15) is 11.9 Å². The van der Waals surface area contributed by atoms with Gasteiger partial charge in [0, 0.05) is 10.6 Å². The molecule has 24 heavy (non-hydrogen) atoms. The van der Waals surface area contributed by atoms with E-state index in [1.165, 1.54) is 0 Å². The van der Waals surface area contributed by atoms with Gasteiger partial charge in [-0.25, -0.2) is 0 Å². The zero-order valence-electron chi connectivity index (χ0n) is 13.1. The van der Waals surface area contributed by atoms with E-state index in [0.29, 0.717) is 35.3 Å². The molecular weight excluding hydrogens is 334 g/mol. The number of hydrogen-bond donors (Lipinski definition) is 2. The van der Waals surface area contributed by atoms with Crippen LogP contribution in [-0.4, -0.2) is 48.6 Å². The zero-order valence-corrected chi connectivity index (χ0v) is 13.9. The average Bonchev–Trinajstić information content (AvgIpc) is 3.22. The fraction of sp³-hybridized carbons (Fsp3) is 0.375. The van der Waals surface area contributed by atoms with E-state index in [9.17, 15) is 4.79 Å². The van der Waals surface area contributed by atoms with Gasteiger partial charge in [0.05, 0.1) is 45.2 Å². The van der Waals surface area contributed by atoms with Crippen molar-refractivity contribution in [1.82, 2.24) is 15.5 Å². The zero-order chi connectivity index (χ0) is 16.9. The van der Waals surface area contributed by atoms with Crippen LogP contribution in [-0.2, 0) is 16.0 Å². The standard InChI is InChI=1S/C16H18ClN3O4/c1-22-14-4-2-3-12(17)11(14)5-16(21)20-13-8-23-9-15(13)24-10-6-18-19-7-10/h2-4,6-7,13,15H,5,8-9H2,1H3,(H,18,19)(H,20,21)/t13-,15+/m0/s1. The SMILES string of the molecule is COc1cccc(Cl)c1CC(=O)N[C@H]1COC[C@H]1Oc1cn[nH]c1. The van der Waals surface area contributed by atoms with Crippen LogP contribution in [0, 0.1) is 0 Å². The second-order valence-corrected chi connectivity index (χ2v) is 5.81. The van der Waals surface area contributed by atoms with E-state index < -0.39 is 0 Å². The summed E-state index contributed by atoms with van der Waals surface area (Å²) in [6.45, 7) is 0.805. The number of methoxy groups -OCH3 is 1. The first-order valence-electron chi connectivity index (χ1n) is 7.51. The Morgan fingerprint density at radius 1 is 1.50 bits per heavy atom. The van der Waals surface area contributed by atoms with Crippen LogP contribution in [0.15, 0.2) is 30.6 Å². The molecule has 0 aliphatic carbocycles. The van der Waals surface area contributed by atoms with Crippen LogP contribution in [0.1, 0.15) is 5.56 Å². The van der Waals surface area contributed by atoms with Crippen LogP contribution < -0.4 is 14.8 Å². The Labute approximate surface area is 144 Å². The predicted molar refractivity (Wildman–Crippen MR) is 87.5 cm³/mol. The normalized spacial score (nSPS) is 19.9. The van der Waals surface area contributed by atoms with E-state index in [2.05, 4.69) is 15.5 Å². The molecule has 1 amide bonds. The first-order chi connectivity index (χ1) is 11.7. The molecule has 2 atom stereocenters. The van der Waals surface area contributed by atoms with Gasteiger partial charge >= 0.3 is 0 Å². The number of carbonyl (C=O) groups excluding carboxylic acids is 1. The molecule has 1 aliphatic rings. The van der Waals surface area contributed by atoms with Gasteiger partial charge < -0.3 is 19.5 Å². The first-order valence-corrected chi connectivity index (χ1v) is 7.89. The van der Waals surface area contributed by atoms with Crippen LogP contribution in [0.2, 0.25) is 5.02 Å². The lowest BCUT2D eigenvalue weighted by molar-refractivity contribution is -0.121. The molecule has 1 aromatic heterocycles. The Hall–Kier alpha value is -2.25. The number of nitrogens with zero attached hydrogens (tertiary/aromatic N) is 1. The van der Waals surface area contributed by atoms with Crippen molar-refractivity contribution in [2.75, 3.05) is 20.3 Å². The summed E-state index contributed by atoms with van der Waals surface area (Å²) >= 11 is 6.17. The fourth-order valence-corrected chi connectivity index (χ4v) is 2.82. The summed E-state index contributed by atoms with van der Waals surface area (Å²) < 4.78 is 16.4.